The van der Waals surface area contributed by atoms with E-state index in [1.165, 1.54) is 42.6 Å². The summed E-state index contributed by atoms with van der Waals surface area (Å²) in [5.41, 5.74) is 5.84. The van der Waals surface area contributed by atoms with E-state index in [2.05, 4.69) is 63.3 Å². The molecule has 2 aromatic carbocycles. The molecule has 0 bridgehead atoms. The van der Waals surface area contributed by atoms with Crippen molar-refractivity contribution in [3.63, 3.8) is 0 Å². The fraction of sp³-hybridized carbons (Fsp3) is 0.480. The summed E-state index contributed by atoms with van der Waals surface area (Å²) in [5.74, 6) is 0.0326. The molecule has 0 atom stereocenters. The van der Waals surface area contributed by atoms with Crippen LogP contribution in [0.4, 0.5) is 17.1 Å². The number of nitrogens with one attached hydrogen (secondary N) is 1. The topological polar surface area (TPSA) is 38.8 Å². The third kappa shape index (κ3) is 5.14. The molecule has 0 radical (unpaired) electrons. The monoisotopic (exact) mass is 406 g/mol. The first-order valence-electron chi connectivity index (χ1n) is 11.3. The van der Waals surface area contributed by atoms with Gasteiger partial charge in [0.2, 0.25) is 5.91 Å². The van der Waals surface area contributed by atoms with Gasteiger partial charge in [-0.25, -0.2) is 0 Å². The van der Waals surface area contributed by atoms with Crippen molar-refractivity contribution in [3.05, 3.63) is 53.6 Å². The molecule has 2 aliphatic heterocycles. The van der Waals surface area contributed by atoms with Crippen LogP contribution in [0.5, 0.6) is 0 Å². The van der Waals surface area contributed by atoms with Gasteiger partial charge in [0.15, 0.2) is 0 Å². The normalized spacial score (nSPS) is 16.5. The fourth-order valence-corrected chi connectivity index (χ4v) is 4.59. The molecule has 0 aliphatic carbocycles. The number of benzene rings is 2. The number of nitrogens with zero attached hydrogens (tertiary/aromatic N) is 3. The van der Waals surface area contributed by atoms with E-state index in [1.807, 2.05) is 13.1 Å². The highest BCUT2D eigenvalue weighted by atomic mass is 16.2. The van der Waals surface area contributed by atoms with Crippen LogP contribution in [-0.4, -0.2) is 50.6 Å². The Bertz CT molecular complexity index is 869. The van der Waals surface area contributed by atoms with E-state index >= 15 is 0 Å². The summed E-state index contributed by atoms with van der Waals surface area (Å²) in [6.07, 6.45) is 5.10. The Balaban J connectivity index is 1.31. The van der Waals surface area contributed by atoms with Gasteiger partial charge in [0.1, 0.15) is 0 Å². The molecule has 1 N–H and O–H groups in total. The molecule has 2 aliphatic rings. The highest BCUT2D eigenvalue weighted by Gasteiger charge is 2.15. The van der Waals surface area contributed by atoms with E-state index in [1.54, 1.807) is 0 Å². The molecule has 1 amide bonds. The third-order valence-electron chi connectivity index (χ3n) is 6.20. The molecule has 0 saturated carbocycles. The standard InChI is InChI=1S/C25H34N4O/c1-20-16-23(29-14-5-6-15-29)10-11-24(20)26-25(30)19-27(2)18-21-8-7-9-22(17-21)28-12-3-4-13-28/h7-11,16-17H,3-6,12-15,18-19H2,1-2H3,(H,26,30). The Labute approximate surface area is 180 Å². The molecule has 0 aromatic heterocycles. The van der Waals surface area contributed by atoms with Crippen molar-refractivity contribution in [2.75, 3.05) is 54.9 Å². The average molecular weight is 407 g/mol. The Morgan fingerprint density at radius 3 is 2.20 bits per heavy atom. The molecule has 0 spiro atoms. The third-order valence-corrected chi connectivity index (χ3v) is 6.20. The van der Waals surface area contributed by atoms with Gasteiger partial charge >= 0.3 is 0 Å². The first-order chi connectivity index (χ1) is 14.6. The van der Waals surface area contributed by atoms with Crippen LogP contribution >= 0.6 is 0 Å². The smallest absolute Gasteiger partial charge is 0.238 e. The van der Waals surface area contributed by atoms with E-state index in [4.69, 9.17) is 0 Å². The lowest BCUT2D eigenvalue weighted by molar-refractivity contribution is -0.117. The molecular formula is C25H34N4O. The molecule has 5 nitrogen and oxygen atoms in total. The van der Waals surface area contributed by atoms with Gasteiger partial charge in [-0.05, 0) is 81.1 Å². The van der Waals surface area contributed by atoms with Crippen LogP contribution in [-0.2, 0) is 11.3 Å². The minimum Gasteiger partial charge on any atom is -0.372 e. The number of hydrogen-bond acceptors (Lipinski definition) is 4. The molecular weight excluding hydrogens is 372 g/mol. The van der Waals surface area contributed by atoms with Gasteiger partial charge < -0.3 is 15.1 Å². The maximum Gasteiger partial charge on any atom is 0.238 e. The van der Waals surface area contributed by atoms with Crippen molar-refractivity contribution in [1.29, 1.82) is 0 Å². The maximum atomic E-state index is 12.6. The SMILES string of the molecule is Cc1cc(N2CCCC2)ccc1NC(=O)CN(C)Cc1cccc(N2CCCC2)c1. The van der Waals surface area contributed by atoms with E-state index in [9.17, 15) is 4.79 Å². The van der Waals surface area contributed by atoms with E-state index in [-0.39, 0.29) is 5.91 Å². The minimum atomic E-state index is 0.0326. The van der Waals surface area contributed by atoms with Crippen molar-refractivity contribution >= 4 is 23.0 Å². The van der Waals surface area contributed by atoms with Gasteiger partial charge in [-0.2, -0.15) is 0 Å². The summed E-state index contributed by atoms with van der Waals surface area (Å²) in [6, 6.07) is 15.1. The van der Waals surface area contributed by atoms with Crippen molar-refractivity contribution in [2.45, 2.75) is 39.2 Å². The molecule has 2 saturated heterocycles. The van der Waals surface area contributed by atoms with Gasteiger partial charge in [0.25, 0.3) is 0 Å². The van der Waals surface area contributed by atoms with E-state index in [0.29, 0.717) is 6.54 Å². The van der Waals surface area contributed by atoms with Crippen molar-refractivity contribution in [2.24, 2.45) is 0 Å². The second kappa shape index (κ2) is 9.52. The van der Waals surface area contributed by atoms with Crippen LogP contribution in [0, 0.1) is 6.92 Å². The van der Waals surface area contributed by atoms with Gasteiger partial charge in [0, 0.05) is 49.8 Å². The predicted molar refractivity (Wildman–Crippen MR) is 125 cm³/mol. The summed E-state index contributed by atoms with van der Waals surface area (Å²) in [4.78, 5) is 19.6. The molecule has 2 heterocycles. The number of amides is 1. The summed E-state index contributed by atoms with van der Waals surface area (Å²) >= 11 is 0. The zero-order valence-electron chi connectivity index (χ0n) is 18.4. The summed E-state index contributed by atoms with van der Waals surface area (Å²) in [6.45, 7) is 7.78. The number of carbonyl (C=O) groups excluding carboxylic acids is 1. The maximum absolute atomic E-state index is 12.6. The molecule has 2 aromatic rings. The number of anilines is 3. The Kier molecular flexibility index (Phi) is 6.58. The van der Waals surface area contributed by atoms with Gasteiger partial charge in [-0.15, -0.1) is 0 Å². The summed E-state index contributed by atoms with van der Waals surface area (Å²) in [7, 11) is 2.01. The van der Waals surface area contributed by atoms with E-state index < -0.39 is 0 Å². The van der Waals surface area contributed by atoms with Gasteiger partial charge in [0.05, 0.1) is 6.54 Å². The quantitative estimate of drug-likeness (QED) is 0.745. The number of aryl methyl sites for hydroxylation is 1. The average Bonchev–Trinajstić information content (AvgIpc) is 3.44. The Hall–Kier alpha value is -2.53. The fourth-order valence-electron chi connectivity index (χ4n) is 4.59. The van der Waals surface area contributed by atoms with Crippen LogP contribution in [0.25, 0.3) is 0 Å². The largest absolute Gasteiger partial charge is 0.372 e. The number of hydrogen-bond donors (Lipinski definition) is 1. The highest BCUT2D eigenvalue weighted by molar-refractivity contribution is 5.93. The minimum absolute atomic E-state index is 0.0326. The Morgan fingerprint density at radius 1 is 0.933 bits per heavy atom. The van der Waals surface area contributed by atoms with Crippen LogP contribution in [0.3, 0.4) is 0 Å². The van der Waals surface area contributed by atoms with Crippen LogP contribution in [0.15, 0.2) is 42.5 Å². The summed E-state index contributed by atoms with van der Waals surface area (Å²) in [5, 5.41) is 3.09. The lowest BCUT2D eigenvalue weighted by Crippen LogP contribution is -2.30. The zero-order valence-corrected chi connectivity index (χ0v) is 18.4. The van der Waals surface area contributed by atoms with Crippen LogP contribution in [0.1, 0.15) is 36.8 Å². The van der Waals surface area contributed by atoms with Crippen molar-refractivity contribution in [3.8, 4) is 0 Å². The van der Waals surface area contributed by atoms with Crippen LogP contribution < -0.4 is 15.1 Å². The van der Waals surface area contributed by atoms with Gasteiger partial charge in [-0.3, -0.25) is 9.69 Å². The molecule has 4 rings (SSSR count). The molecule has 160 valence electrons. The second-order valence-corrected chi connectivity index (χ2v) is 8.78. The lowest BCUT2D eigenvalue weighted by Gasteiger charge is -2.21. The molecule has 2 fully saturated rings. The zero-order chi connectivity index (χ0) is 20.9. The number of carbonyl (C=O) groups is 1. The highest BCUT2D eigenvalue weighted by Crippen LogP contribution is 2.26. The first kappa shape index (κ1) is 20.7. The van der Waals surface area contributed by atoms with Crippen molar-refractivity contribution in [1.82, 2.24) is 4.90 Å². The van der Waals surface area contributed by atoms with Crippen molar-refractivity contribution < 1.29 is 4.79 Å². The Morgan fingerprint density at radius 2 is 1.57 bits per heavy atom. The predicted octanol–water partition coefficient (Wildman–Crippen LogP) is 4.27. The summed E-state index contributed by atoms with van der Waals surface area (Å²) < 4.78 is 0. The molecule has 5 heteroatoms. The van der Waals surface area contributed by atoms with Crippen LogP contribution in [0.2, 0.25) is 0 Å². The number of rotatable bonds is 7. The first-order valence-corrected chi connectivity index (χ1v) is 11.3. The lowest BCUT2D eigenvalue weighted by atomic mass is 10.1. The van der Waals surface area contributed by atoms with E-state index in [0.717, 1.165) is 44.0 Å². The number of likely N-dealkylation sites (N-methyl/N-ethyl adjacent to an activating group) is 1. The molecule has 30 heavy (non-hydrogen) atoms. The van der Waals surface area contributed by atoms with Gasteiger partial charge in [-0.1, -0.05) is 12.1 Å². The second-order valence-electron chi connectivity index (χ2n) is 8.78. The molecule has 0 unspecified atom stereocenters.